The van der Waals surface area contributed by atoms with E-state index in [9.17, 15) is 4.79 Å². The molecule has 0 aliphatic heterocycles. The quantitative estimate of drug-likeness (QED) is 0.668. The predicted octanol–water partition coefficient (Wildman–Crippen LogP) is 1.25. The van der Waals surface area contributed by atoms with Crippen LogP contribution in [0.3, 0.4) is 0 Å². The van der Waals surface area contributed by atoms with Gasteiger partial charge in [0.15, 0.2) is 0 Å². The van der Waals surface area contributed by atoms with Gasteiger partial charge in [0.25, 0.3) is 0 Å². The highest BCUT2D eigenvalue weighted by atomic mass is 16.5. The summed E-state index contributed by atoms with van der Waals surface area (Å²) in [7, 11) is 3.31. The zero-order valence-electron chi connectivity index (χ0n) is 12.5. The molecule has 112 valence electrons. The average Bonchev–Trinajstić information content (AvgIpc) is 2.45. The Morgan fingerprint density at radius 2 is 2.10 bits per heavy atom. The van der Waals surface area contributed by atoms with Crippen molar-refractivity contribution in [1.82, 2.24) is 10.6 Å². The first-order valence-corrected chi connectivity index (χ1v) is 6.80. The summed E-state index contributed by atoms with van der Waals surface area (Å²) in [6.45, 7) is 4.63. The second-order valence-electron chi connectivity index (χ2n) is 4.55. The minimum Gasteiger partial charge on any atom is -0.493 e. The van der Waals surface area contributed by atoms with Crippen LogP contribution in [-0.2, 0) is 16.1 Å². The minimum absolute atomic E-state index is 0.0168. The number of methoxy groups -OCH3 is 1. The molecule has 0 unspecified atom stereocenters. The van der Waals surface area contributed by atoms with E-state index in [4.69, 9.17) is 9.47 Å². The lowest BCUT2D eigenvalue weighted by atomic mass is 10.1. The molecular formula is C15H24N2O3. The molecular weight excluding hydrogens is 256 g/mol. The zero-order valence-corrected chi connectivity index (χ0v) is 12.5. The molecule has 0 fully saturated rings. The van der Waals surface area contributed by atoms with E-state index in [0.29, 0.717) is 19.6 Å². The first kappa shape index (κ1) is 16.5. The van der Waals surface area contributed by atoms with Crippen molar-refractivity contribution >= 4 is 5.91 Å². The number of benzene rings is 1. The maximum Gasteiger partial charge on any atom is 0.223 e. The molecule has 0 aliphatic carbocycles. The molecule has 1 aromatic carbocycles. The lowest BCUT2D eigenvalue weighted by molar-refractivity contribution is -0.121. The lowest BCUT2D eigenvalue weighted by Crippen LogP contribution is -2.21. The molecule has 1 aromatic rings. The number of carbonyl (C=O) groups excluding carboxylic acids is 1. The van der Waals surface area contributed by atoms with Crippen LogP contribution >= 0.6 is 0 Å². The molecule has 0 saturated carbocycles. The van der Waals surface area contributed by atoms with Gasteiger partial charge in [-0.1, -0.05) is 17.7 Å². The molecule has 5 nitrogen and oxygen atoms in total. The van der Waals surface area contributed by atoms with Crippen molar-refractivity contribution in [1.29, 1.82) is 0 Å². The van der Waals surface area contributed by atoms with Crippen LogP contribution in [0.5, 0.6) is 5.75 Å². The SMILES string of the molecule is CNC(=O)CCOc1ccc(C)cc1CNCCOC. The van der Waals surface area contributed by atoms with Crippen LogP contribution in [0.25, 0.3) is 0 Å². The van der Waals surface area contributed by atoms with E-state index in [0.717, 1.165) is 24.4 Å². The molecule has 0 saturated heterocycles. The van der Waals surface area contributed by atoms with E-state index in [1.807, 2.05) is 19.1 Å². The molecule has 0 atom stereocenters. The molecule has 20 heavy (non-hydrogen) atoms. The monoisotopic (exact) mass is 280 g/mol. The number of amides is 1. The fourth-order valence-electron chi connectivity index (χ4n) is 1.76. The first-order chi connectivity index (χ1) is 9.67. The highest BCUT2D eigenvalue weighted by Gasteiger charge is 2.05. The number of ether oxygens (including phenoxy) is 2. The normalized spacial score (nSPS) is 10.3. The molecule has 0 spiro atoms. The molecule has 1 rings (SSSR count). The molecule has 0 aliphatic rings. The van der Waals surface area contributed by atoms with Gasteiger partial charge in [-0.25, -0.2) is 0 Å². The van der Waals surface area contributed by atoms with Gasteiger partial charge in [0.1, 0.15) is 5.75 Å². The number of rotatable bonds is 9. The van der Waals surface area contributed by atoms with Crippen molar-refractivity contribution in [2.45, 2.75) is 19.9 Å². The van der Waals surface area contributed by atoms with Crippen molar-refractivity contribution in [3.8, 4) is 5.75 Å². The van der Waals surface area contributed by atoms with Crippen LogP contribution in [0.15, 0.2) is 18.2 Å². The Bertz CT molecular complexity index is 422. The fraction of sp³-hybridized carbons (Fsp3) is 0.533. The second-order valence-corrected chi connectivity index (χ2v) is 4.55. The van der Waals surface area contributed by atoms with Crippen LogP contribution in [0, 0.1) is 6.92 Å². The van der Waals surface area contributed by atoms with Gasteiger partial charge in [0.2, 0.25) is 5.91 Å². The molecule has 0 heterocycles. The Morgan fingerprint density at radius 3 is 2.80 bits per heavy atom. The van der Waals surface area contributed by atoms with E-state index in [1.165, 1.54) is 5.56 Å². The third kappa shape index (κ3) is 6.04. The van der Waals surface area contributed by atoms with E-state index in [1.54, 1.807) is 14.2 Å². The van der Waals surface area contributed by atoms with E-state index in [2.05, 4.69) is 16.7 Å². The van der Waals surface area contributed by atoms with Gasteiger partial charge >= 0.3 is 0 Å². The fourth-order valence-corrected chi connectivity index (χ4v) is 1.76. The van der Waals surface area contributed by atoms with Crippen LogP contribution in [0.4, 0.5) is 0 Å². The molecule has 0 aromatic heterocycles. The number of hydrogen-bond donors (Lipinski definition) is 2. The van der Waals surface area contributed by atoms with Gasteiger partial charge in [0.05, 0.1) is 19.6 Å². The number of nitrogens with one attached hydrogen (secondary N) is 2. The van der Waals surface area contributed by atoms with Gasteiger partial charge in [-0.2, -0.15) is 0 Å². The van der Waals surface area contributed by atoms with Crippen molar-refractivity contribution in [3.05, 3.63) is 29.3 Å². The Hall–Kier alpha value is -1.59. The molecule has 2 N–H and O–H groups in total. The van der Waals surface area contributed by atoms with Gasteiger partial charge in [0, 0.05) is 32.8 Å². The summed E-state index contributed by atoms with van der Waals surface area (Å²) in [5.41, 5.74) is 2.28. The molecule has 1 amide bonds. The summed E-state index contributed by atoms with van der Waals surface area (Å²) < 4.78 is 10.7. The first-order valence-electron chi connectivity index (χ1n) is 6.80. The van der Waals surface area contributed by atoms with Crippen LogP contribution in [0.2, 0.25) is 0 Å². The third-order valence-corrected chi connectivity index (χ3v) is 2.88. The Morgan fingerprint density at radius 1 is 1.30 bits per heavy atom. The largest absolute Gasteiger partial charge is 0.493 e. The van der Waals surface area contributed by atoms with Crippen LogP contribution < -0.4 is 15.4 Å². The van der Waals surface area contributed by atoms with Gasteiger partial charge in [-0.3, -0.25) is 4.79 Å². The summed E-state index contributed by atoms with van der Waals surface area (Å²) >= 11 is 0. The van der Waals surface area contributed by atoms with Gasteiger partial charge < -0.3 is 20.1 Å². The zero-order chi connectivity index (χ0) is 14.8. The Kier molecular flexibility index (Phi) is 7.69. The van der Waals surface area contributed by atoms with E-state index < -0.39 is 0 Å². The Labute approximate surface area is 120 Å². The van der Waals surface area contributed by atoms with E-state index in [-0.39, 0.29) is 5.91 Å². The smallest absolute Gasteiger partial charge is 0.223 e. The predicted molar refractivity (Wildman–Crippen MR) is 78.9 cm³/mol. The van der Waals surface area contributed by atoms with Gasteiger partial charge in [-0.15, -0.1) is 0 Å². The number of aryl methyl sites for hydroxylation is 1. The summed E-state index contributed by atoms with van der Waals surface area (Å²) in [6.07, 6.45) is 0.362. The number of hydrogen-bond acceptors (Lipinski definition) is 4. The third-order valence-electron chi connectivity index (χ3n) is 2.88. The topological polar surface area (TPSA) is 59.6 Å². The van der Waals surface area contributed by atoms with Crippen molar-refractivity contribution < 1.29 is 14.3 Å². The van der Waals surface area contributed by atoms with Crippen molar-refractivity contribution in [2.24, 2.45) is 0 Å². The van der Waals surface area contributed by atoms with Crippen molar-refractivity contribution in [2.75, 3.05) is 33.9 Å². The van der Waals surface area contributed by atoms with Crippen LogP contribution in [0.1, 0.15) is 17.5 Å². The summed E-state index contributed by atoms with van der Waals surface area (Å²) in [6, 6.07) is 6.05. The van der Waals surface area contributed by atoms with E-state index >= 15 is 0 Å². The van der Waals surface area contributed by atoms with Crippen molar-refractivity contribution in [3.63, 3.8) is 0 Å². The lowest BCUT2D eigenvalue weighted by Gasteiger charge is -2.13. The number of carbonyl (C=O) groups is 1. The second kappa shape index (κ2) is 9.34. The summed E-state index contributed by atoms with van der Waals surface area (Å²) in [4.78, 5) is 11.2. The highest BCUT2D eigenvalue weighted by molar-refractivity contribution is 5.75. The summed E-state index contributed by atoms with van der Waals surface area (Å²) in [5, 5.41) is 5.87. The maximum atomic E-state index is 11.2. The summed E-state index contributed by atoms with van der Waals surface area (Å²) in [5.74, 6) is 0.807. The van der Waals surface area contributed by atoms with Crippen LogP contribution in [-0.4, -0.2) is 39.8 Å². The molecule has 0 bridgehead atoms. The molecule has 0 radical (unpaired) electrons. The minimum atomic E-state index is -0.0168. The van der Waals surface area contributed by atoms with Gasteiger partial charge in [-0.05, 0) is 13.0 Å². The Balaban J connectivity index is 2.53. The standard InChI is InChI=1S/C15H24N2O3/c1-12-4-5-14(20-8-6-15(18)16-2)13(10-12)11-17-7-9-19-3/h4-5,10,17H,6-9,11H2,1-3H3,(H,16,18). The average molecular weight is 280 g/mol. The molecule has 5 heteroatoms. The highest BCUT2D eigenvalue weighted by Crippen LogP contribution is 2.20. The maximum absolute atomic E-state index is 11.2.